The molecular weight excluding hydrogens is 260 g/mol. The first-order chi connectivity index (χ1) is 9.69. The van der Waals surface area contributed by atoms with Crippen LogP contribution < -0.4 is 10.2 Å². The van der Waals surface area contributed by atoms with Gasteiger partial charge in [-0.2, -0.15) is 0 Å². The van der Waals surface area contributed by atoms with Crippen LogP contribution in [0.5, 0.6) is 0 Å². The Morgan fingerprint density at radius 3 is 2.62 bits per heavy atom. The lowest BCUT2D eigenvalue weighted by atomic mass is 9.98. The molecule has 0 bridgehead atoms. The molecule has 0 saturated carbocycles. The van der Waals surface area contributed by atoms with E-state index in [0.717, 1.165) is 26.2 Å². The molecule has 2 rings (SSSR count). The molecule has 0 aliphatic carbocycles. The van der Waals surface area contributed by atoms with Crippen molar-refractivity contribution in [3.05, 3.63) is 24.0 Å². The maximum atomic E-state index is 4.32. The average molecular weight is 290 g/mol. The van der Waals surface area contributed by atoms with Crippen LogP contribution in [0.15, 0.2) is 18.5 Å². The first kappa shape index (κ1) is 16.2. The fourth-order valence-corrected chi connectivity index (χ4v) is 2.67. The van der Waals surface area contributed by atoms with Gasteiger partial charge in [-0.3, -0.25) is 9.88 Å². The summed E-state index contributed by atoms with van der Waals surface area (Å²) in [6.45, 7) is 15.3. The second kappa shape index (κ2) is 5.93. The van der Waals surface area contributed by atoms with Crippen LogP contribution in [0.25, 0.3) is 0 Å². The molecule has 1 fully saturated rings. The van der Waals surface area contributed by atoms with Crippen LogP contribution >= 0.6 is 0 Å². The summed E-state index contributed by atoms with van der Waals surface area (Å²) in [5.74, 6) is 0. The second-order valence-corrected chi connectivity index (χ2v) is 7.76. The van der Waals surface area contributed by atoms with Gasteiger partial charge < -0.3 is 10.2 Å². The number of rotatable bonds is 3. The van der Waals surface area contributed by atoms with Crippen molar-refractivity contribution in [1.29, 1.82) is 0 Å². The molecule has 1 N–H and O–H groups in total. The Kier molecular flexibility index (Phi) is 4.59. The summed E-state index contributed by atoms with van der Waals surface area (Å²) in [4.78, 5) is 9.26. The number of nitrogens with one attached hydrogen (secondary N) is 1. The molecule has 1 aliphatic heterocycles. The molecule has 4 nitrogen and oxygen atoms in total. The third kappa shape index (κ3) is 4.17. The predicted octanol–water partition coefficient (Wildman–Crippen LogP) is 2.50. The van der Waals surface area contributed by atoms with Crippen molar-refractivity contribution in [3.63, 3.8) is 0 Å². The topological polar surface area (TPSA) is 31.4 Å². The molecule has 21 heavy (non-hydrogen) atoms. The summed E-state index contributed by atoms with van der Waals surface area (Å²) in [5.41, 5.74) is 2.93. The van der Waals surface area contributed by atoms with E-state index >= 15 is 0 Å². The molecule has 2 heterocycles. The van der Waals surface area contributed by atoms with E-state index in [2.05, 4.69) is 67.8 Å². The minimum absolute atomic E-state index is 0.120. The molecule has 1 aromatic heterocycles. The molecule has 0 spiro atoms. The molecular formula is C17H30N4. The zero-order valence-corrected chi connectivity index (χ0v) is 14.4. The highest BCUT2D eigenvalue weighted by Gasteiger charge is 2.31. The normalized spacial score (nSPS) is 19.8. The minimum atomic E-state index is 0.120. The van der Waals surface area contributed by atoms with Crippen molar-refractivity contribution < 1.29 is 0 Å². The van der Waals surface area contributed by atoms with Crippen LogP contribution in [0.1, 0.15) is 40.2 Å². The van der Waals surface area contributed by atoms with Gasteiger partial charge in [0, 0.05) is 60.9 Å². The van der Waals surface area contributed by atoms with Gasteiger partial charge in [0.25, 0.3) is 0 Å². The number of nitrogens with zero attached hydrogens (tertiary/aromatic N) is 3. The molecule has 0 aromatic carbocycles. The Hall–Kier alpha value is -1.13. The number of hydrogen-bond acceptors (Lipinski definition) is 4. The molecule has 0 unspecified atom stereocenters. The molecule has 0 amide bonds. The van der Waals surface area contributed by atoms with E-state index in [1.54, 1.807) is 0 Å². The first-order valence-corrected chi connectivity index (χ1v) is 7.83. The Morgan fingerprint density at radius 1 is 1.29 bits per heavy atom. The SMILES string of the molecule is CN1CCN(c2ccncc2CNC(C)(C)C)CC1(C)C. The van der Waals surface area contributed by atoms with Crippen molar-refractivity contribution in [3.8, 4) is 0 Å². The van der Waals surface area contributed by atoms with Crippen molar-refractivity contribution in [1.82, 2.24) is 15.2 Å². The standard InChI is InChI=1S/C17H30N4/c1-16(2,3)19-12-14-11-18-8-7-15(14)21-10-9-20(6)17(4,5)13-21/h7-8,11,19H,9-10,12-13H2,1-6H3. The molecule has 4 heteroatoms. The van der Waals surface area contributed by atoms with Crippen LogP contribution in [0.4, 0.5) is 5.69 Å². The third-order valence-corrected chi connectivity index (χ3v) is 4.34. The Bertz CT molecular complexity index is 476. The van der Waals surface area contributed by atoms with E-state index in [1.165, 1.54) is 11.3 Å². The maximum Gasteiger partial charge on any atom is 0.0443 e. The fraction of sp³-hybridized carbons (Fsp3) is 0.706. The van der Waals surface area contributed by atoms with Crippen LogP contribution in [-0.2, 0) is 6.54 Å². The van der Waals surface area contributed by atoms with Gasteiger partial charge in [0.2, 0.25) is 0 Å². The van der Waals surface area contributed by atoms with E-state index in [9.17, 15) is 0 Å². The largest absolute Gasteiger partial charge is 0.368 e. The monoisotopic (exact) mass is 290 g/mol. The van der Waals surface area contributed by atoms with Gasteiger partial charge in [0.1, 0.15) is 0 Å². The Morgan fingerprint density at radius 2 is 2.00 bits per heavy atom. The highest BCUT2D eigenvalue weighted by atomic mass is 15.3. The lowest BCUT2D eigenvalue weighted by molar-refractivity contribution is 0.138. The van der Waals surface area contributed by atoms with Crippen LogP contribution in [-0.4, -0.2) is 47.6 Å². The number of anilines is 1. The Balaban J connectivity index is 2.16. The molecule has 0 atom stereocenters. The highest BCUT2D eigenvalue weighted by molar-refractivity contribution is 5.53. The van der Waals surface area contributed by atoms with Crippen LogP contribution in [0.2, 0.25) is 0 Å². The third-order valence-electron chi connectivity index (χ3n) is 4.34. The second-order valence-electron chi connectivity index (χ2n) is 7.76. The van der Waals surface area contributed by atoms with Gasteiger partial charge in [-0.15, -0.1) is 0 Å². The summed E-state index contributed by atoms with van der Waals surface area (Å²) in [7, 11) is 2.21. The molecule has 0 radical (unpaired) electrons. The summed E-state index contributed by atoms with van der Waals surface area (Å²) in [6, 6.07) is 2.15. The molecule has 1 aliphatic rings. The lowest BCUT2D eigenvalue weighted by Gasteiger charge is -2.46. The fourth-order valence-electron chi connectivity index (χ4n) is 2.67. The van der Waals surface area contributed by atoms with E-state index in [0.29, 0.717) is 0 Å². The number of pyridine rings is 1. The van der Waals surface area contributed by atoms with Gasteiger partial charge in [-0.1, -0.05) is 0 Å². The Labute approximate surface area is 129 Å². The first-order valence-electron chi connectivity index (χ1n) is 7.83. The summed E-state index contributed by atoms with van der Waals surface area (Å²) >= 11 is 0. The molecule has 1 aromatic rings. The number of aromatic nitrogens is 1. The van der Waals surface area contributed by atoms with E-state index in [4.69, 9.17) is 0 Å². The van der Waals surface area contributed by atoms with Gasteiger partial charge in [0.15, 0.2) is 0 Å². The minimum Gasteiger partial charge on any atom is -0.368 e. The van der Waals surface area contributed by atoms with Crippen LogP contribution in [0, 0.1) is 0 Å². The molecule has 118 valence electrons. The maximum absolute atomic E-state index is 4.32. The van der Waals surface area contributed by atoms with Crippen molar-refractivity contribution in [2.24, 2.45) is 0 Å². The number of piperazine rings is 1. The summed E-state index contributed by atoms with van der Waals surface area (Å²) in [5, 5.41) is 3.57. The van der Waals surface area contributed by atoms with E-state index in [1.807, 2.05) is 12.4 Å². The average Bonchev–Trinajstić information content (AvgIpc) is 2.39. The zero-order chi connectivity index (χ0) is 15.7. The lowest BCUT2D eigenvalue weighted by Crippen LogP contribution is -2.58. The van der Waals surface area contributed by atoms with Gasteiger partial charge in [0.05, 0.1) is 0 Å². The van der Waals surface area contributed by atoms with Crippen molar-refractivity contribution in [2.45, 2.75) is 52.2 Å². The van der Waals surface area contributed by atoms with E-state index in [-0.39, 0.29) is 11.1 Å². The number of likely N-dealkylation sites (N-methyl/N-ethyl adjacent to an activating group) is 1. The highest BCUT2D eigenvalue weighted by Crippen LogP contribution is 2.27. The smallest absolute Gasteiger partial charge is 0.0443 e. The van der Waals surface area contributed by atoms with Crippen molar-refractivity contribution in [2.75, 3.05) is 31.6 Å². The summed E-state index contributed by atoms with van der Waals surface area (Å²) < 4.78 is 0. The number of hydrogen-bond donors (Lipinski definition) is 1. The van der Waals surface area contributed by atoms with Crippen LogP contribution in [0.3, 0.4) is 0 Å². The predicted molar refractivity (Wildman–Crippen MR) is 89.8 cm³/mol. The van der Waals surface area contributed by atoms with Gasteiger partial charge in [-0.05, 0) is 47.7 Å². The van der Waals surface area contributed by atoms with E-state index < -0.39 is 0 Å². The molecule has 1 saturated heterocycles. The van der Waals surface area contributed by atoms with Gasteiger partial charge in [-0.25, -0.2) is 0 Å². The van der Waals surface area contributed by atoms with Crippen molar-refractivity contribution >= 4 is 5.69 Å². The summed E-state index contributed by atoms with van der Waals surface area (Å²) in [6.07, 6.45) is 3.90. The zero-order valence-electron chi connectivity index (χ0n) is 14.4. The van der Waals surface area contributed by atoms with Gasteiger partial charge >= 0.3 is 0 Å². The quantitative estimate of drug-likeness (QED) is 0.927.